The van der Waals surface area contributed by atoms with Crippen molar-refractivity contribution in [1.82, 2.24) is 19.2 Å². The predicted octanol–water partition coefficient (Wildman–Crippen LogP) is -0.859. The van der Waals surface area contributed by atoms with Gasteiger partial charge in [0.2, 0.25) is 10.0 Å². The molecule has 0 saturated carbocycles. The Kier molecular flexibility index (Phi) is 4.84. The molecule has 130 valence electrons. The molecule has 1 aromatic rings. The number of hydrogen-bond acceptors (Lipinski definition) is 5. The van der Waals surface area contributed by atoms with Crippen LogP contribution < -0.4 is 21.3 Å². The maximum atomic E-state index is 12.5. The Hall–Kier alpha value is -1.45. The first-order valence-corrected chi connectivity index (χ1v) is 9.04. The fourth-order valence-corrected chi connectivity index (χ4v) is 4.05. The SMILES string of the molecule is Cn1cc(S(=O)(=O)NCC2NCCCC2(C)C)c(=O)n(C)c1=O. The van der Waals surface area contributed by atoms with Crippen LogP contribution in [-0.2, 0) is 24.1 Å². The molecule has 0 aliphatic carbocycles. The number of piperidine rings is 1. The fourth-order valence-electron chi connectivity index (χ4n) is 2.85. The van der Waals surface area contributed by atoms with Gasteiger partial charge >= 0.3 is 5.69 Å². The van der Waals surface area contributed by atoms with Gasteiger partial charge in [0.15, 0.2) is 4.90 Å². The van der Waals surface area contributed by atoms with Gasteiger partial charge in [0.25, 0.3) is 5.56 Å². The van der Waals surface area contributed by atoms with Gasteiger partial charge in [-0.1, -0.05) is 13.8 Å². The van der Waals surface area contributed by atoms with Crippen molar-refractivity contribution in [2.75, 3.05) is 13.1 Å². The summed E-state index contributed by atoms with van der Waals surface area (Å²) in [5, 5.41) is 3.31. The maximum Gasteiger partial charge on any atom is 0.330 e. The average molecular weight is 344 g/mol. The molecule has 1 unspecified atom stereocenters. The van der Waals surface area contributed by atoms with Crippen molar-refractivity contribution in [3.63, 3.8) is 0 Å². The summed E-state index contributed by atoms with van der Waals surface area (Å²) in [7, 11) is -1.32. The van der Waals surface area contributed by atoms with Crippen molar-refractivity contribution < 1.29 is 8.42 Å². The van der Waals surface area contributed by atoms with E-state index >= 15 is 0 Å². The Bertz CT molecular complexity index is 807. The number of aryl methyl sites for hydroxylation is 1. The zero-order valence-electron chi connectivity index (χ0n) is 13.9. The molecule has 23 heavy (non-hydrogen) atoms. The number of sulfonamides is 1. The minimum Gasteiger partial charge on any atom is -0.312 e. The van der Waals surface area contributed by atoms with Gasteiger partial charge in [-0.3, -0.25) is 9.36 Å². The van der Waals surface area contributed by atoms with Crippen molar-refractivity contribution in [2.45, 2.75) is 37.6 Å². The van der Waals surface area contributed by atoms with Gasteiger partial charge in [-0.2, -0.15) is 0 Å². The quantitative estimate of drug-likeness (QED) is 0.740. The predicted molar refractivity (Wildman–Crippen MR) is 86.9 cm³/mol. The maximum absolute atomic E-state index is 12.5. The highest BCUT2D eigenvalue weighted by atomic mass is 32.2. The number of hydrogen-bond donors (Lipinski definition) is 2. The lowest BCUT2D eigenvalue weighted by Gasteiger charge is -2.39. The van der Waals surface area contributed by atoms with Crippen molar-refractivity contribution in [2.24, 2.45) is 19.5 Å². The molecule has 8 nitrogen and oxygen atoms in total. The first kappa shape index (κ1) is 17.9. The van der Waals surface area contributed by atoms with E-state index in [2.05, 4.69) is 23.9 Å². The van der Waals surface area contributed by atoms with Crippen LogP contribution in [0.4, 0.5) is 0 Å². The monoisotopic (exact) mass is 344 g/mol. The standard InChI is InChI=1S/C14H24N4O4S/c1-14(2)6-5-7-15-11(14)8-16-23(21,22)10-9-17(3)13(20)18(4)12(10)19/h9,11,15-16H,5-8H2,1-4H3. The molecular weight excluding hydrogens is 320 g/mol. The lowest BCUT2D eigenvalue weighted by Crippen LogP contribution is -2.53. The van der Waals surface area contributed by atoms with Crippen LogP contribution in [0.25, 0.3) is 0 Å². The minimum atomic E-state index is -3.99. The summed E-state index contributed by atoms with van der Waals surface area (Å²) >= 11 is 0. The van der Waals surface area contributed by atoms with E-state index in [1.54, 1.807) is 0 Å². The van der Waals surface area contributed by atoms with E-state index < -0.39 is 26.2 Å². The van der Waals surface area contributed by atoms with Crippen LogP contribution in [0.15, 0.2) is 20.7 Å². The summed E-state index contributed by atoms with van der Waals surface area (Å²) in [6.07, 6.45) is 3.12. The van der Waals surface area contributed by atoms with Gasteiger partial charge in [-0.05, 0) is 24.8 Å². The van der Waals surface area contributed by atoms with E-state index in [1.165, 1.54) is 14.1 Å². The summed E-state index contributed by atoms with van der Waals surface area (Å²) in [5.41, 5.74) is -1.42. The van der Waals surface area contributed by atoms with Gasteiger partial charge in [-0.15, -0.1) is 0 Å². The fraction of sp³-hybridized carbons (Fsp3) is 0.714. The van der Waals surface area contributed by atoms with Crippen LogP contribution >= 0.6 is 0 Å². The Morgan fingerprint density at radius 2 is 2.00 bits per heavy atom. The molecule has 2 heterocycles. The molecule has 2 N–H and O–H groups in total. The second-order valence-electron chi connectivity index (χ2n) is 6.70. The lowest BCUT2D eigenvalue weighted by molar-refractivity contribution is 0.181. The van der Waals surface area contributed by atoms with E-state index in [4.69, 9.17) is 0 Å². The summed E-state index contributed by atoms with van der Waals surface area (Å²) in [4.78, 5) is 23.3. The summed E-state index contributed by atoms with van der Waals surface area (Å²) in [6, 6.07) is -0.0117. The molecule has 0 amide bonds. The highest BCUT2D eigenvalue weighted by Crippen LogP contribution is 2.29. The minimum absolute atomic E-state index is 0.0117. The summed E-state index contributed by atoms with van der Waals surface area (Å²) in [6.45, 7) is 5.21. The van der Waals surface area contributed by atoms with Crippen LogP contribution in [0.2, 0.25) is 0 Å². The Morgan fingerprint density at radius 3 is 2.61 bits per heavy atom. The van der Waals surface area contributed by atoms with Gasteiger partial charge in [0, 0.05) is 32.9 Å². The van der Waals surface area contributed by atoms with E-state index in [0.717, 1.165) is 34.7 Å². The van der Waals surface area contributed by atoms with Crippen LogP contribution in [0.5, 0.6) is 0 Å². The molecule has 1 aliphatic heterocycles. The third-order valence-electron chi connectivity index (χ3n) is 4.51. The van der Waals surface area contributed by atoms with Gasteiger partial charge in [0.1, 0.15) is 0 Å². The van der Waals surface area contributed by atoms with Gasteiger partial charge in [0.05, 0.1) is 0 Å². The lowest BCUT2D eigenvalue weighted by atomic mass is 9.78. The molecule has 0 bridgehead atoms. The third-order valence-corrected chi connectivity index (χ3v) is 5.92. The number of aromatic nitrogens is 2. The third kappa shape index (κ3) is 3.56. The zero-order valence-corrected chi connectivity index (χ0v) is 14.7. The molecule has 1 aromatic heterocycles. The van der Waals surface area contributed by atoms with E-state index in [-0.39, 0.29) is 18.0 Å². The second-order valence-corrected chi connectivity index (χ2v) is 8.44. The number of rotatable bonds is 4. The molecule has 1 aliphatic rings. The molecule has 2 rings (SSSR count). The molecule has 0 spiro atoms. The molecule has 1 atom stereocenters. The van der Waals surface area contributed by atoms with E-state index in [0.29, 0.717) is 0 Å². The topological polar surface area (TPSA) is 102 Å². The van der Waals surface area contributed by atoms with E-state index in [9.17, 15) is 18.0 Å². The van der Waals surface area contributed by atoms with Crippen molar-refractivity contribution in [3.8, 4) is 0 Å². The molecular formula is C14H24N4O4S. The van der Waals surface area contributed by atoms with Crippen molar-refractivity contribution >= 4 is 10.0 Å². The van der Waals surface area contributed by atoms with Crippen LogP contribution in [0.1, 0.15) is 26.7 Å². The van der Waals surface area contributed by atoms with E-state index in [1.807, 2.05) is 0 Å². The molecule has 1 saturated heterocycles. The Morgan fingerprint density at radius 1 is 1.35 bits per heavy atom. The number of nitrogens with zero attached hydrogens (tertiary/aromatic N) is 2. The molecule has 0 aromatic carbocycles. The molecule has 9 heteroatoms. The van der Waals surface area contributed by atoms with Gasteiger partial charge < -0.3 is 9.88 Å². The van der Waals surface area contributed by atoms with Gasteiger partial charge in [-0.25, -0.2) is 17.9 Å². The largest absolute Gasteiger partial charge is 0.330 e. The van der Waals surface area contributed by atoms with Crippen LogP contribution in [0.3, 0.4) is 0 Å². The van der Waals surface area contributed by atoms with Crippen LogP contribution in [0, 0.1) is 5.41 Å². The summed E-state index contributed by atoms with van der Waals surface area (Å²) < 4.78 is 29.3. The Balaban J connectivity index is 2.27. The van der Waals surface area contributed by atoms with Crippen molar-refractivity contribution in [1.29, 1.82) is 0 Å². The summed E-state index contributed by atoms with van der Waals surface area (Å²) in [5.74, 6) is 0. The molecule has 0 radical (unpaired) electrons. The smallest absolute Gasteiger partial charge is 0.312 e. The first-order chi connectivity index (χ1) is 10.6. The zero-order chi connectivity index (χ0) is 17.4. The normalized spacial score (nSPS) is 21.3. The molecule has 1 fully saturated rings. The van der Waals surface area contributed by atoms with Crippen molar-refractivity contribution in [3.05, 3.63) is 27.0 Å². The highest BCUT2D eigenvalue weighted by molar-refractivity contribution is 7.89. The average Bonchev–Trinajstić information content (AvgIpc) is 2.47. The second kappa shape index (κ2) is 6.21. The number of nitrogens with one attached hydrogen (secondary N) is 2. The van der Waals surface area contributed by atoms with Crippen LogP contribution in [-0.4, -0.2) is 36.7 Å². The first-order valence-electron chi connectivity index (χ1n) is 7.56. The Labute approximate surface area is 135 Å². The highest BCUT2D eigenvalue weighted by Gasteiger charge is 2.33.